The number of carbonyl (C=O) groups is 1. The quantitative estimate of drug-likeness (QED) is 0.594. The Morgan fingerprint density at radius 3 is 2.73 bits per heavy atom. The average Bonchev–Trinajstić information content (AvgIpc) is 2.02. The number of thiol groups is 1. The minimum atomic E-state index is -1.54. The van der Waals surface area contributed by atoms with Gasteiger partial charge < -0.3 is 9.92 Å². The van der Waals surface area contributed by atoms with Gasteiger partial charge in [-0.05, 0) is 0 Å². The monoisotopic (exact) mass is 197 g/mol. The van der Waals surface area contributed by atoms with E-state index >= 15 is 0 Å². The molecule has 0 rings (SSSR count). The van der Waals surface area contributed by atoms with Crippen LogP contribution in [0.15, 0.2) is 0 Å². The highest BCUT2D eigenvalue weighted by molar-refractivity contribution is 7.80. The summed E-state index contributed by atoms with van der Waals surface area (Å²) in [5, 5.41) is 0. The van der Waals surface area contributed by atoms with Crippen LogP contribution in [0.1, 0.15) is 6.92 Å². The predicted molar refractivity (Wildman–Crippen MR) is 46.6 cm³/mol. The fourth-order valence-electron chi connectivity index (χ4n) is 0.287. The first kappa shape index (κ1) is 10.9. The molecule has 66 valence electrons. The Morgan fingerprint density at radius 1 is 1.82 bits per heavy atom. The van der Waals surface area contributed by atoms with Gasteiger partial charge in [0.2, 0.25) is 11.1 Å². The molecule has 6 heteroatoms. The van der Waals surface area contributed by atoms with Gasteiger partial charge in [0.25, 0.3) is 0 Å². The molecule has 0 bridgehead atoms. The molecule has 0 fully saturated rings. The van der Waals surface area contributed by atoms with Crippen molar-refractivity contribution >= 4 is 29.7 Å². The van der Waals surface area contributed by atoms with Crippen LogP contribution in [0.2, 0.25) is 0 Å². The summed E-state index contributed by atoms with van der Waals surface area (Å²) < 4.78 is 15.0. The Bertz CT molecular complexity index is 162. The maximum Gasteiger partial charge on any atom is 0.337 e. The summed E-state index contributed by atoms with van der Waals surface area (Å²) in [7, 11) is 0. The molecule has 2 atom stereocenters. The van der Waals surface area contributed by atoms with Gasteiger partial charge in [0.15, 0.2) is 0 Å². The van der Waals surface area contributed by atoms with Gasteiger partial charge in [0.05, 0.1) is 5.75 Å². The summed E-state index contributed by atoms with van der Waals surface area (Å²) in [5.74, 6) is -0.190. The van der Waals surface area contributed by atoms with Crippen molar-refractivity contribution in [2.24, 2.45) is 5.73 Å². The van der Waals surface area contributed by atoms with Gasteiger partial charge in [0.1, 0.15) is 6.04 Å². The Hall–Kier alpha value is -0.0700. The molecule has 0 aliphatic rings. The molecule has 0 spiro atoms. The van der Waals surface area contributed by atoms with Crippen molar-refractivity contribution in [3.8, 4) is 0 Å². The third-order valence-electron chi connectivity index (χ3n) is 0.910. The molecular weight excluding hydrogens is 186 g/mol. The van der Waals surface area contributed by atoms with E-state index in [1.54, 1.807) is 6.92 Å². The molecule has 0 aromatic rings. The maximum absolute atomic E-state index is 10.8. The van der Waals surface area contributed by atoms with Crippen molar-refractivity contribution in [1.82, 2.24) is 0 Å². The zero-order chi connectivity index (χ0) is 8.85. The van der Waals surface area contributed by atoms with Gasteiger partial charge in [0, 0.05) is 5.75 Å². The topological polar surface area (TPSA) is 69.4 Å². The van der Waals surface area contributed by atoms with E-state index < -0.39 is 23.1 Å². The molecule has 0 saturated carbocycles. The zero-order valence-electron chi connectivity index (χ0n) is 6.15. The lowest BCUT2D eigenvalue weighted by atomic mass is 10.4. The van der Waals surface area contributed by atoms with Crippen molar-refractivity contribution in [3.05, 3.63) is 0 Å². The molecule has 4 nitrogen and oxygen atoms in total. The summed E-state index contributed by atoms with van der Waals surface area (Å²) in [5.41, 5.74) is 5.23. The van der Waals surface area contributed by atoms with Gasteiger partial charge in [-0.25, -0.2) is 9.00 Å². The van der Waals surface area contributed by atoms with Gasteiger partial charge in [-0.1, -0.05) is 6.92 Å². The summed E-state index contributed by atoms with van der Waals surface area (Å²) in [6.45, 7) is 1.65. The molecule has 0 aromatic carbocycles. The van der Waals surface area contributed by atoms with Crippen LogP contribution in [-0.2, 0) is 20.1 Å². The molecule has 0 aromatic heterocycles. The minimum Gasteiger partial charge on any atom is -0.363 e. The zero-order valence-corrected chi connectivity index (χ0v) is 7.86. The van der Waals surface area contributed by atoms with Crippen LogP contribution in [0.25, 0.3) is 0 Å². The number of rotatable bonds is 4. The first-order chi connectivity index (χ1) is 5.11. The van der Waals surface area contributed by atoms with Crippen molar-refractivity contribution in [1.29, 1.82) is 0 Å². The standard InChI is InChI=1S/C5H11NO3S2/c1-2-11(8)9-5(7)4(6)3-10/h4,10H,2-3,6H2,1H3. The van der Waals surface area contributed by atoms with Crippen LogP contribution < -0.4 is 5.73 Å². The Morgan fingerprint density at radius 2 is 2.36 bits per heavy atom. The van der Waals surface area contributed by atoms with Crippen LogP contribution in [0, 0.1) is 0 Å². The van der Waals surface area contributed by atoms with E-state index in [0.717, 1.165) is 0 Å². The largest absolute Gasteiger partial charge is 0.363 e. The molecule has 0 aliphatic heterocycles. The summed E-state index contributed by atoms with van der Waals surface area (Å²) in [6, 6.07) is -0.783. The minimum absolute atomic E-state index is 0.194. The van der Waals surface area contributed by atoms with Crippen molar-refractivity contribution in [2.75, 3.05) is 11.5 Å². The maximum atomic E-state index is 10.8. The number of carbonyl (C=O) groups excluding carboxylic acids is 1. The molecular formula is C5H11NO3S2. The van der Waals surface area contributed by atoms with E-state index in [2.05, 4.69) is 16.8 Å². The molecule has 0 saturated heterocycles. The lowest BCUT2D eigenvalue weighted by Gasteiger charge is -2.05. The molecule has 11 heavy (non-hydrogen) atoms. The Balaban J connectivity index is 3.77. The van der Waals surface area contributed by atoms with E-state index in [1.165, 1.54) is 0 Å². The van der Waals surface area contributed by atoms with Crippen LogP contribution in [0.4, 0.5) is 0 Å². The highest BCUT2D eigenvalue weighted by Gasteiger charge is 2.15. The van der Waals surface area contributed by atoms with Crippen LogP contribution in [0.5, 0.6) is 0 Å². The summed E-state index contributed by atoms with van der Waals surface area (Å²) in [4.78, 5) is 10.8. The number of hydrogen-bond donors (Lipinski definition) is 2. The van der Waals surface area contributed by atoms with Gasteiger partial charge >= 0.3 is 5.97 Å². The predicted octanol–water partition coefficient (Wildman–Crippen LogP) is -0.530. The molecule has 2 N–H and O–H groups in total. The smallest absolute Gasteiger partial charge is 0.337 e. The van der Waals surface area contributed by atoms with Crippen LogP contribution in [0.3, 0.4) is 0 Å². The molecule has 0 heterocycles. The Labute approximate surface area is 73.6 Å². The lowest BCUT2D eigenvalue weighted by Crippen LogP contribution is -2.34. The van der Waals surface area contributed by atoms with E-state index in [0.29, 0.717) is 0 Å². The van der Waals surface area contributed by atoms with Crippen LogP contribution >= 0.6 is 12.6 Å². The highest BCUT2D eigenvalue weighted by Crippen LogP contribution is 1.92. The fraction of sp³-hybridized carbons (Fsp3) is 0.800. The van der Waals surface area contributed by atoms with Gasteiger partial charge in [-0.3, -0.25) is 0 Å². The van der Waals surface area contributed by atoms with Crippen molar-refractivity contribution in [3.63, 3.8) is 0 Å². The number of nitrogens with two attached hydrogens (primary N) is 1. The van der Waals surface area contributed by atoms with Crippen LogP contribution in [-0.4, -0.2) is 27.7 Å². The molecule has 0 aliphatic carbocycles. The Kier molecular flexibility index (Phi) is 5.53. The van der Waals surface area contributed by atoms with Gasteiger partial charge in [-0.15, -0.1) is 0 Å². The first-order valence-corrected chi connectivity index (χ1v) is 4.96. The third kappa shape index (κ3) is 4.39. The normalized spacial score (nSPS) is 15.5. The van der Waals surface area contributed by atoms with E-state index in [1.807, 2.05) is 0 Å². The van der Waals surface area contributed by atoms with Crippen molar-refractivity contribution in [2.45, 2.75) is 13.0 Å². The number of hydrogen-bond acceptors (Lipinski definition) is 5. The summed E-state index contributed by atoms with van der Waals surface area (Å²) >= 11 is 2.24. The average molecular weight is 197 g/mol. The van der Waals surface area contributed by atoms with E-state index in [4.69, 9.17) is 5.73 Å². The highest BCUT2D eigenvalue weighted by atomic mass is 32.2. The van der Waals surface area contributed by atoms with Gasteiger partial charge in [-0.2, -0.15) is 12.6 Å². The van der Waals surface area contributed by atoms with Crippen molar-refractivity contribution < 1.29 is 13.2 Å². The second-order valence-electron chi connectivity index (χ2n) is 1.78. The summed E-state index contributed by atoms with van der Waals surface area (Å²) in [6.07, 6.45) is 0. The third-order valence-corrected chi connectivity index (χ3v) is 2.13. The second kappa shape index (κ2) is 5.56. The lowest BCUT2D eigenvalue weighted by molar-refractivity contribution is -0.134. The SMILES string of the molecule is CCS(=O)OC(=O)C(N)CS. The second-order valence-corrected chi connectivity index (χ2v) is 3.50. The first-order valence-electron chi connectivity index (χ1n) is 3.08. The van der Waals surface area contributed by atoms with E-state index in [9.17, 15) is 9.00 Å². The fourth-order valence-corrected chi connectivity index (χ4v) is 0.861. The molecule has 0 radical (unpaired) electrons. The molecule has 0 amide bonds. The van der Waals surface area contributed by atoms with E-state index in [-0.39, 0.29) is 11.5 Å². The molecule has 2 unspecified atom stereocenters.